The van der Waals surface area contributed by atoms with Gasteiger partial charge in [0.15, 0.2) is 0 Å². The van der Waals surface area contributed by atoms with Crippen LogP contribution in [0.25, 0.3) is 11.4 Å². The van der Waals surface area contributed by atoms with Crippen molar-refractivity contribution in [1.29, 1.82) is 0 Å². The predicted molar refractivity (Wildman–Crippen MR) is 116 cm³/mol. The molecule has 3 heterocycles. The van der Waals surface area contributed by atoms with E-state index < -0.39 is 0 Å². The lowest BCUT2D eigenvalue weighted by atomic mass is 10.00. The molecule has 2 fully saturated rings. The van der Waals surface area contributed by atoms with Crippen LogP contribution in [0.2, 0.25) is 0 Å². The molecule has 2 amide bonds. The van der Waals surface area contributed by atoms with Crippen molar-refractivity contribution >= 4 is 11.8 Å². The Balaban J connectivity index is 1.35. The van der Waals surface area contributed by atoms with Gasteiger partial charge in [-0.3, -0.25) is 14.5 Å². The quantitative estimate of drug-likeness (QED) is 0.733. The van der Waals surface area contributed by atoms with Crippen molar-refractivity contribution in [3.05, 3.63) is 36.2 Å². The first kappa shape index (κ1) is 21.5. The minimum Gasteiger partial charge on any atom is -0.338 e. The van der Waals surface area contributed by atoms with Crippen LogP contribution in [0.15, 0.2) is 34.9 Å². The van der Waals surface area contributed by atoms with Gasteiger partial charge in [0.25, 0.3) is 0 Å². The molecule has 4 rings (SSSR count). The molecule has 2 aliphatic rings. The molecule has 2 saturated heterocycles. The average molecular weight is 426 g/mol. The Morgan fingerprint density at radius 3 is 2.55 bits per heavy atom. The van der Waals surface area contributed by atoms with Crippen molar-refractivity contribution in [3.63, 3.8) is 0 Å². The molecule has 166 valence electrons. The van der Waals surface area contributed by atoms with Crippen LogP contribution in [0, 0.1) is 0 Å². The lowest BCUT2D eigenvalue weighted by molar-refractivity contribution is -0.148. The second kappa shape index (κ2) is 9.60. The highest BCUT2D eigenvalue weighted by Crippen LogP contribution is 2.25. The number of piperidine rings is 1. The van der Waals surface area contributed by atoms with Gasteiger partial charge in [-0.1, -0.05) is 42.4 Å². The summed E-state index contributed by atoms with van der Waals surface area (Å²) in [7, 11) is 0. The molecule has 0 radical (unpaired) electrons. The van der Waals surface area contributed by atoms with Gasteiger partial charge in [-0.2, -0.15) is 4.98 Å². The van der Waals surface area contributed by atoms with Gasteiger partial charge in [-0.05, 0) is 26.2 Å². The van der Waals surface area contributed by atoms with Gasteiger partial charge in [0, 0.05) is 44.7 Å². The summed E-state index contributed by atoms with van der Waals surface area (Å²) in [6, 6.07) is 9.46. The van der Waals surface area contributed by atoms with E-state index in [0.29, 0.717) is 37.8 Å². The minimum atomic E-state index is -0.297. The Morgan fingerprint density at radius 2 is 1.84 bits per heavy atom. The van der Waals surface area contributed by atoms with Gasteiger partial charge in [0.2, 0.25) is 23.5 Å². The SMILES string of the molecule is CCC(=O)N1CCCCC1C(=O)N1CCN(C(C)c2nc(-c3ccccc3)no2)CC1. The standard InChI is InChI=1S/C23H31N5O3/c1-3-20(29)28-12-8-7-11-19(28)23(30)27-15-13-26(14-16-27)17(2)22-24-21(25-31-22)18-9-5-4-6-10-18/h4-6,9-10,17,19H,3,7-8,11-16H2,1-2H3. The Morgan fingerprint density at radius 1 is 1.10 bits per heavy atom. The van der Waals surface area contributed by atoms with E-state index in [1.54, 1.807) is 4.90 Å². The molecule has 0 bridgehead atoms. The van der Waals surface area contributed by atoms with E-state index in [4.69, 9.17) is 4.52 Å². The fourth-order valence-electron chi connectivity index (χ4n) is 4.50. The summed E-state index contributed by atoms with van der Waals surface area (Å²) in [5.41, 5.74) is 0.929. The molecule has 8 heteroatoms. The van der Waals surface area contributed by atoms with Crippen LogP contribution in [0.4, 0.5) is 0 Å². The van der Waals surface area contributed by atoms with Gasteiger partial charge < -0.3 is 14.3 Å². The van der Waals surface area contributed by atoms with E-state index >= 15 is 0 Å². The van der Waals surface area contributed by atoms with E-state index in [1.807, 2.05) is 42.2 Å². The lowest BCUT2D eigenvalue weighted by Crippen LogP contribution is -2.57. The first-order valence-corrected chi connectivity index (χ1v) is 11.3. The second-order valence-corrected chi connectivity index (χ2v) is 8.31. The molecule has 2 atom stereocenters. The number of carbonyl (C=O) groups excluding carboxylic acids is 2. The van der Waals surface area contributed by atoms with E-state index in [-0.39, 0.29) is 23.9 Å². The summed E-state index contributed by atoms with van der Waals surface area (Å²) in [6.45, 7) is 7.39. The number of piperazine rings is 1. The van der Waals surface area contributed by atoms with Crippen LogP contribution in [0.3, 0.4) is 0 Å². The normalized spacial score (nSPS) is 21.2. The van der Waals surface area contributed by atoms with E-state index in [9.17, 15) is 9.59 Å². The monoisotopic (exact) mass is 425 g/mol. The van der Waals surface area contributed by atoms with E-state index in [1.165, 1.54) is 0 Å². The molecular weight excluding hydrogens is 394 g/mol. The number of hydrogen-bond acceptors (Lipinski definition) is 6. The van der Waals surface area contributed by atoms with Gasteiger partial charge in [-0.25, -0.2) is 0 Å². The highest BCUT2D eigenvalue weighted by Gasteiger charge is 2.36. The van der Waals surface area contributed by atoms with Gasteiger partial charge in [0.05, 0.1) is 6.04 Å². The molecule has 0 aliphatic carbocycles. The van der Waals surface area contributed by atoms with Crippen molar-refractivity contribution in [2.24, 2.45) is 0 Å². The maximum atomic E-state index is 13.2. The molecular formula is C23H31N5O3. The van der Waals surface area contributed by atoms with Crippen LogP contribution < -0.4 is 0 Å². The van der Waals surface area contributed by atoms with Crippen molar-refractivity contribution in [2.75, 3.05) is 32.7 Å². The number of carbonyl (C=O) groups is 2. The Kier molecular flexibility index (Phi) is 6.65. The Hall–Kier alpha value is -2.74. The minimum absolute atomic E-state index is 0.0185. The number of benzene rings is 1. The number of nitrogens with zero attached hydrogens (tertiary/aromatic N) is 5. The maximum Gasteiger partial charge on any atom is 0.245 e. The fraction of sp³-hybridized carbons (Fsp3) is 0.565. The molecule has 1 aromatic carbocycles. The summed E-state index contributed by atoms with van der Waals surface area (Å²) < 4.78 is 5.53. The number of amides is 2. The highest BCUT2D eigenvalue weighted by molar-refractivity contribution is 5.88. The number of aromatic nitrogens is 2. The van der Waals surface area contributed by atoms with Gasteiger partial charge >= 0.3 is 0 Å². The third kappa shape index (κ3) is 4.63. The summed E-state index contributed by atoms with van der Waals surface area (Å²) in [5, 5.41) is 4.12. The van der Waals surface area contributed by atoms with Crippen LogP contribution in [0.1, 0.15) is 51.5 Å². The zero-order chi connectivity index (χ0) is 21.8. The molecule has 2 unspecified atom stereocenters. The summed E-state index contributed by atoms with van der Waals surface area (Å²) in [6.07, 6.45) is 3.20. The third-order valence-corrected chi connectivity index (χ3v) is 6.42. The van der Waals surface area contributed by atoms with E-state index in [0.717, 1.165) is 37.9 Å². The molecule has 31 heavy (non-hydrogen) atoms. The summed E-state index contributed by atoms with van der Waals surface area (Å²) >= 11 is 0. The second-order valence-electron chi connectivity index (χ2n) is 8.31. The fourth-order valence-corrected chi connectivity index (χ4v) is 4.50. The molecule has 1 aromatic heterocycles. The van der Waals surface area contributed by atoms with Crippen LogP contribution in [-0.2, 0) is 9.59 Å². The molecule has 2 aliphatic heterocycles. The molecule has 2 aromatic rings. The molecule has 0 spiro atoms. The average Bonchev–Trinajstić information content (AvgIpc) is 3.34. The number of rotatable bonds is 5. The Bertz CT molecular complexity index is 892. The molecule has 8 nitrogen and oxygen atoms in total. The zero-order valence-corrected chi connectivity index (χ0v) is 18.4. The number of likely N-dealkylation sites (tertiary alicyclic amines) is 1. The van der Waals surface area contributed by atoms with Crippen molar-refractivity contribution < 1.29 is 14.1 Å². The smallest absolute Gasteiger partial charge is 0.245 e. The largest absolute Gasteiger partial charge is 0.338 e. The summed E-state index contributed by atoms with van der Waals surface area (Å²) in [4.78, 5) is 36.0. The van der Waals surface area contributed by atoms with E-state index in [2.05, 4.69) is 22.0 Å². The van der Waals surface area contributed by atoms with Gasteiger partial charge in [-0.15, -0.1) is 0 Å². The topological polar surface area (TPSA) is 82.8 Å². The van der Waals surface area contributed by atoms with Crippen molar-refractivity contribution in [1.82, 2.24) is 24.8 Å². The summed E-state index contributed by atoms with van der Waals surface area (Å²) in [5.74, 6) is 1.36. The predicted octanol–water partition coefficient (Wildman–Crippen LogP) is 2.73. The maximum absolute atomic E-state index is 13.2. The molecule has 0 N–H and O–H groups in total. The zero-order valence-electron chi connectivity index (χ0n) is 18.4. The Labute approximate surface area is 183 Å². The van der Waals surface area contributed by atoms with Crippen LogP contribution in [0.5, 0.6) is 0 Å². The van der Waals surface area contributed by atoms with Crippen LogP contribution >= 0.6 is 0 Å². The lowest BCUT2D eigenvalue weighted by Gasteiger charge is -2.41. The van der Waals surface area contributed by atoms with Crippen molar-refractivity contribution in [3.8, 4) is 11.4 Å². The first-order chi connectivity index (χ1) is 15.1. The third-order valence-electron chi connectivity index (χ3n) is 6.42. The highest BCUT2D eigenvalue weighted by atomic mass is 16.5. The van der Waals surface area contributed by atoms with Crippen LogP contribution in [-0.4, -0.2) is 75.4 Å². The number of hydrogen-bond donors (Lipinski definition) is 0. The van der Waals surface area contributed by atoms with Gasteiger partial charge in [0.1, 0.15) is 6.04 Å². The first-order valence-electron chi connectivity index (χ1n) is 11.3. The molecule has 0 saturated carbocycles. The van der Waals surface area contributed by atoms with Crippen molar-refractivity contribution in [2.45, 2.75) is 51.6 Å².